The number of anilines is 1. The molecule has 1 aliphatic carbocycles. The summed E-state index contributed by atoms with van der Waals surface area (Å²) in [7, 11) is 0. The summed E-state index contributed by atoms with van der Waals surface area (Å²) in [6.07, 6.45) is 7.58. The summed E-state index contributed by atoms with van der Waals surface area (Å²) >= 11 is 5.16. The van der Waals surface area contributed by atoms with Crippen molar-refractivity contribution in [2.75, 3.05) is 5.73 Å². The molecule has 1 aliphatic rings. The molecule has 5 heteroatoms. The molecule has 0 unspecified atom stereocenters. The van der Waals surface area contributed by atoms with Crippen LogP contribution >= 0.6 is 12.2 Å². The molecule has 0 amide bonds. The SMILES string of the molecule is Nc1n[nH]c(=S)n1C1CCCCCC1. The lowest BCUT2D eigenvalue weighted by molar-refractivity contribution is 0.444. The van der Waals surface area contributed by atoms with Gasteiger partial charge in [-0.1, -0.05) is 25.7 Å². The molecule has 1 saturated carbocycles. The van der Waals surface area contributed by atoms with E-state index in [4.69, 9.17) is 18.0 Å². The Morgan fingerprint density at radius 3 is 2.43 bits per heavy atom. The molecule has 1 aromatic heterocycles. The Kier molecular flexibility index (Phi) is 2.86. The summed E-state index contributed by atoms with van der Waals surface area (Å²) in [4.78, 5) is 0. The van der Waals surface area contributed by atoms with Crippen molar-refractivity contribution in [1.82, 2.24) is 14.8 Å². The molecule has 0 aliphatic heterocycles. The highest BCUT2D eigenvalue weighted by Gasteiger charge is 2.17. The van der Waals surface area contributed by atoms with E-state index in [9.17, 15) is 0 Å². The maximum Gasteiger partial charge on any atom is 0.220 e. The Labute approximate surface area is 88.5 Å². The summed E-state index contributed by atoms with van der Waals surface area (Å²) in [5.74, 6) is 0.530. The number of nitrogen functional groups attached to an aromatic ring is 1. The highest BCUT2D eigenvalue weighted by molar-refractivity contribution is 7.71. The van der Waals surface area contributed by atoms with Gasteiger partial charge in [0.25, 0.3) is 0 Å². The normalized spacial score (nSPS) is 19.4. The van der Waals surface area contributed by atoms with Crippen LogP contribution in [0.4, 0.5) is 5.95 Å². The molecule has 0 aromatic carbocycles. The van der Waals surface area contributed by atoms with Gasteiger partial charge in [0.05, 0.1) is 0 Å². The third-order valence-electron chi connectivity index (χ3n) is 2.92. The first kappa shape index (κ1) is 9.71. The molecular formula is C9H16N4S. The summed E-state index contributed by atoms with van der Waals surface area (Å²) < 4.78 is 2.63. The molecule has 3 N–H and O–H groups in total. The van der Waals surface area contributed by atoms with Crippen LogP contribution in [0.25, 0.3) is 0 Å². The van der Waals surface area contributed by atoms with Crippen molar-refractivity contribution < 1.29 is 0 Å². The third-order valence-corrected chi connectivity index (χ3v) is 3.21. The zero-order valence-electron chi connectivity index (χ0n) is 8.20. The van der Waals surface area contributed by atoms with Gasteiger partial charge in [-0.05, 0) is 25.1 Å². The second-order valence-corrected chi connectivity index (χ2v) is 4.29. The van der Waals surface area contributed by atoms with Crippen LogP contribution in [0.3, 0.4) is 0 Å². The van der Waals surface area contributed by atoms with Gasteiger partial charge in [-0.15, -0.1) is 5.10 Å². The minimum Gasteiger partial charge on any atom is -0.368 e. The van der Waals surface area contributed by atoms with Crippen molar-refractivity contribution in [3.05, 3.63) is 4.77 Å². The third kappa shape index (κ3) is 1.82. The van der Waals surface area contributed by atoms with E-state index >= 15 is 0 Å². The van der Waals surface area contributed by atoms with Gasteiger partial charge in [-0.3, -0.25) is 4.57 Å². The van der Waals surface area contributed by atoms with E-state index < -0.39 is 0 Å². The fraction of sp³-hybridized carbons (Fsp3) is 0.778. The summed E-state index contributed by atoms with van der Waals surface area (Å²) in [6, 6.07) is 0.462. The lowest BCUT2D eigenvalue weighted by Crippen LogP contribution is -2.11. The van der Waals surface area contributed by atoms with Crippen LogP contribution in [0.15, 0.2) is 0 Å². The molecule has 0 bridgehead atoms. The number of rotatable bonds is 1. The highest BCUT2D eigenvalue weighted by atomic mass is 32.1. The first-order valence-corrected chi connectivity index (χ1v) is 5.62. The lowest BCUT2D eigenvalue weighted by atomic mass is 10.1. The van der Waals surface area contributed by atoms with Crippen molar-refractivity contribution in [2.45, 2.75) is 44.6 Å². The van der Waals surface area contributed by atoms with Gasteiger partial charge >= 0.3 is 0 Å². The fourth-order valence-electron chi connectivity index (χ4n) is 2.19. The largest absolute Gasteiger partial charge is 0.368 e. The molecule has 1 aromatic rings. The van der Waals surface area contributed by atoms with Crippen LogP contribution in [-0.4, -0.2) is 14.8 Å². The number of aromatic amines is 1. The molecule has 0 spiro atoms. The standard InChI is InChI=1S/C9H16N4S/c10-8-11-12-9(14)13(8)7-5-3-1-2-4-6-7/h7H,1-6H2,(H2,10,11)(H,12,14). The average Bonchev–Trinajstić information content (AvgIpc) is 2.45. The second kappa shape index (κ2) is 4.13. The van der Waals surface area contributed by atoms with Crippen molar-refractivity contribution in [1.29, 1.82) is 0 Å². The predicted molar refractivity (Wildman–Crippen MR) is 58.6 cm³/mol. The number of hydrogen-bond donors (Lipinski definition) is 2. The number of hydrogen-bond acceptors (Lipinski definition) is 3. The van der Waals surface area contributed by atoms with Crippen molar-refractivity contribution in [3.8, 4) is 0 Å². The van der Waals surface area contributed by atoms with E-state index in [1.807, 2.05) is 4.57 Å². The Bertz CT molecular complexity index is 346. The number of nitrogens with two attached hydrogens (primary N) is 1. The summed E-state index contributed by atoms with van der Waals surface area (Å²) in [6.45, 7) is 0. The Balaban J connectivity index is 2.24. The molecule has 1 heterocycles. The van der Waals surface area contributed by atoms with Crippen LogP contribution in [0.2, 0.25) is 0 Å². The van der Waals surface area contributed by atoms with Crippen molar-refractivity contribution in [2.24, 2.45) is 0 Å². The Morgan fingerprint density at radius 1 is 1.29 bits per heavy atom. The molecule has 0 saturated heterocycles. The highest BCUT2D eigenvalue weighted by Crippen LogP contribution is 2.28. The smallest absolute Gasteiger partial charge is 0.220 e. The van der Waals surface area contributed by atoms with E-state index in [2.05, 4.69) is 10.2 Å². The zero-order chi connectivity index (χ0) is 9.97. The molecule has 0 atom stereocenters. The quantitative estimate of drug-likeness (QED) is 0.555. The monoisotopic (exact) mass is 212 g/mol. The summed E-state index contributed by atoms with van der Waals surface area (Å²) in [5.41, 5.74) is 5.78. The first-order valence-electron chi connectivity index (χ1n) is 5.21. The number of H-pyrrole nitrogens is 1. The van der Waals surface area contributed by atoms with Gasteiger partial charge < -0.3 is 5.73 Å². The predicted octanol–water partition coefficient (Wildman–Crippen LogP) is 2.42. The summed E-state index contributed by atoms with van der Waals surface area (Å²) in [5, 5.41) is 6.69. The zero-order valence-corrected chi connectivity index (χ0v) is 9.02. The molecule has 4 nitrogen and oxygen atoms in total. The van der Waals surface area contributed by atoms with Crippen LogP contribution in [0, 0.1) is 4.77 Å². The van der Waals surface area contributed by atoms with E-state index in [0.717, 1.165) is 0 Å². The van der Waals surface area contributed by atoms with E-state index in [1.54, 1.807) is 0 Å². The van der Waals surface area contributed by atoms with Gasteiger partial charge in [0, 0.05) is 6.04 Å². The minimum atomic E-state index is 0.462. The van der Waals surface area contributed by atoms with Gasteiger partial charge in [0.1, 0.15) is 0 Å². The fourth-order valence-corrected chi connectivity index (χ4v) is 2.47. The second-order valence-electron chi connectivity index (χ2n) is 3.90. The van der Waals surface area contributed by atoms with Crippen LogP contribution < -0.4 is 5.73 Å². The van der Waals surface area contributed by atoms with Gasteiger partial charge in [0.15, 0.2) is 4.77 Å². The van der Waals surface area contributed by atoms with Crippen molar-refractivity contribution in [3.63, 3.8) is 0 Å². The molecule has 1 fully saturated rings. The molecule has 0 radical (unpaired) electrons. The number of nitrogens with one attached hydrogen (secondary N) is 1. The van der Waals surface area contributed by atoms with E-state index in [-0.39, 0.29) is 0 Å². The average molecular weight is 212 g/mol. The van der Waals surface area contributed by atoms with E-state index in [0.29, 0.717) is 16.8 Å². The molecule has 78 valence electrons. The number of aromatic nitrogens is 3. The maximum absolute atomic E-state index is 5.78. The van der Waals surface area contributed by atoms with Crippen LogP contribution in [0.5, 0.6) is 0 Å². The minimum absolute atomic E-state index is 0.462. The molecule has 2 rings (SSSR count). The van der Waals surface area contributed by atoms with Crippen LogP contribution in [-0.2, 0) is 0 Å². The van der Waals surface area contributed by atoms with Gasteiger partial charge in [0.2, 0.25) is 5.95 Å². The Morgan fingerprint density at radius 2 is 1.93 bits per heavy atom. The maximum atomic E-state index is 5.78. The topological polar surface area (TPSA) is 59.6 Å². The lowest BCUT2D eigenvalue weighted by Gasteiger charge is -2.15. The van der Waals surface area contributed by atoms with Crippen molar-refractivity contribution >= 4 is 18.2 Å². The van der Waals surface area contributed by atoms with Gasteiger partial charge in [-0.25, -0.2) is 5.10 Å². The Hall–Kier alpha value is -0.840. The first-order chi connectivity index (χ1) is 6.79. The van der Waals surface area contributed by atoms with Crippen LogP contribution in [0.1, 0.15) is 44.6 Å². The molecule has 14 heavy (non-hydrogen) atoms. The van der Waals surface area contributed by atoms with E-state index in [1.165, 1.54) is 38.5 Å². The van der Waals surface area contributed by atoms with Gasteiger partial charge in [-0.2, -0.15) is 0 Å². The molecular weight excluding hydrogens is 196 g/mol. The number of nitrogens with zero attached hydrogens (tertiary/aromatic N) is 2.